The molecule has 6 atom stereocenters. The van der Waals surface area contributed by atoms with Crippen molar-refractivity contribution in [2.45, 2.75) is 26.1 Å². The zero-order chi connectivity index (χ0) is 54.3. The summed E-state index contributed by atoms with van der Waals surface area (Å²) in [5.74, 6) is 5.63. The van der Waals surface area contributed by atoms with Gasteiger partial charge in [-0.3, -0.25) is 14.2 Å². The molecule has 0 bridgehead atoms. The lowest BCUT2D eigenvalue weighted by molar-refractivity contribution is 0.112. The SMILES string of the molecule is C.COc1ccc(C=O)cn1.COc1ccc(CNC2[C@H]3CN(c4ccc(-c5cc(-c6cnn(C)c6)cn6ncc(C#N)c56)cn4)C[C@@H]23)cn1.Cl.Cn1cc(-c2cc(-c3ccc(N4C[C@@H]5C(N)[C@@H]5C4)nc3)c3c(C#N)cnn3c2)cn1. The molecule has 4 fully saturated rings. The zero-order valence-electron chi connectivity index (χ0n) is 44.1. The predicted molar refractivity (Wildman–Crippen MR) is 309 cm³/mol. The van der Waals surface area contributed by atoms with Gasteiger partial charge in [0.2, 0.25) is 11.8 Å². The minimum Gasteiger partial charge on any atom is -0.481 e. The Morgan fingerprint density at radius 1 is 0.593 bits per heavy atom. The quantitative estimate of drug-likeness (QED) is 0.114. The summed E-state index contributed by atoms with van der Waals surface area (Å²) in [5, 5.41) is 40.4. The van der Waals surface area contributed by atoms with Crippen LogP contribution in [0.15, 0.2) is 135 Å². The van der Waals surface area contributed by atoms with E-state index in [1.54, 1.807) is 50.0 Å². The number of nitriles is 2. The van der Waals surface area contributed by atoms with Gasteiger partial charge < -0.3 is 30.3 Å². The second-order valence-corrected chi connectivity index (χ2v) is 20.2. The maximum absolute atomic E-state index is 10.1. The molecule has 21 nitrogen and oxygen atoms in total. The van der Waals surface area contributed by atoms with Gasteiger partial charge >= 0.3 is 0 Å². The lowest BCUT2D eigenvalue weighted by atomic mass is 10.0. The lowest BCUT2D eigenvalue weighted by Crippen LogP contribution is -2.31. The van der Waals surface area contributed by atoms with Gasteiger partial charge in [-0.2, -0.15) is 30.9 Å². The molecular formula is C59H59ClN18O3. The van der Waals surface area contributed by atoms with Gasteiger partial charge in [-0.15, -0.1) is 12.4 Å². The van der Waals surface area contributed by atoms with Gasteiger partial charge in [0.15, 0.2) is 6.29 Å². The number of rotatable bonds is 12. The second-order valence-electron chi connectivity index (χ2n) is 20.2. The Morgan fingerprint density at radius 2 is 1.09 bits per heavy atom. The van der Waals surface area contributed by atoms with Gasteiger partial charge in [-0.1, -0.05) is 13.5 Å². The van der Waals surface area contributed by atoms with E-state index in [9.17, 15) is 15.3 Å². The molecule has 2 aliphatic heterocycles. The average molecular weight is 1100 g/mol. The third kappa shape index (κ3) is 11.0. The number of ether oxygens (including phenoxy) is 2. The van der Waals surface area contributed by atoms with E-state index in [0.29, 0.717) is 64.2 Å². The standard InChI is InChI=1S/C29H27N9O.C22H20N8.C7H7NO2.CH4.ClH/c1-36-14-22(13-34-36)20-7-23(29-21(8-30)12-35-38(29)15-20)19-4-5-26(31-11-19)37-16-24-25(17-37)28(24)33-10-18-3-6-27(39-2)32-9-18;1-28-9-16(8-26-28)14-4-17(22-15(5-23)7-27-30(22)10-14)13-2-3-20(25-6-13)29-11-18-19(12-29)21(18)24;1-10-7-3-2-6(5-9)4-8-7;;/h3-7,9,11-15,24-25,28,33H,10,16-17H2,1-2H3;2-4,6-10,18-19,21H,11-12,24H2,1H3;2-5H,1H3;1H4;1H/t24-,25+,28?;18-,19+,21?;;;. The van der Waals surface area contributed by atoms with Gasteiger partial charge in [0.25, 0.3) is 0 Å². The minimum atomic E-state index is 0. The molecule has 12 heterocycles. The number of nitrogens with zero attached hydrogens (tertiary/aromatic N) is 16. The summed E-state index contributed by atoms with van der Waals surface area (Å²) in [4.78, 5) is 32.5. The van der Waals surface area contributed by atoms with Crippen molar-refractivity contribution in [2.75, 3.05) is 50.2 Å². The van der Waals surface area contributed by atoms with E-state index in [1.165, 1.54) is 13.3 Å². The van der Waals surface area contributed by atoms with Crippen LogP contribution in [0.25, 0.3) is 55.5 Å². The van der Waals surface area contributed by atoms with Crippen LogP contribution < -0.4 is 30.3 Å². The Hall–Kier alpha value is -9.54. The number of carbonyl (C=O) groups is 1. The van der Waals surface area contributed by atoms with E-state index in [4.69, 9.17) is 25.2 Å². The number of halogens is 1. The van der Waals surface area contributed by atoms with Gasteiger partial charge in [0.05, 0.1) is 61.2 Å². The minimum absolute atomic E-state index is 0. The summed E-state index contributed by atoms with van der Waals surface area (Å²) in [5.41, 5.74) is 18.1. The molecule has 0 amide bonds. The zero-order valence-corrected chi connectivity index (χ0v) is 45.0. The van der Waals surface area contributed by atoms with Crippen molar-refractivity contribution in [3.05, 3.63) is 157 Å². The maximum atomic E-state index is 10.1. The number of anilines is 2. The topological polar surface area (TPSA) is 249 Å². The van der Waals surface area contributed by atoms with Gasteiger partial charge in [-0.25, -0.2) is 29.0 Å². The third-order valence-corrected chi connectivity index (χ3v) is 15.4. The molecule has 0 spiro atoms. The number of aromatic nitrogens is 12. The van der Waals surface area contributed by atoms with Gasteiger partial charge in [0.1, 0.15) is 23.8 Å². The highest BCUT2D eigenvalue weighted by Crippen LogP contribution is 2.47. The van der Waals surface area contributed by atoms with Crippen molar-refractivity contribution in [2.24, 2.45) is 43.5 Å². The lowest BCUT2D eigenvalue weighted by Gasteiger charge is -2.21. The summed E-state index contributed by atoms with van der Waals surface area (Å²) in [6.45, 7) is 4.78. The summed E-state index contributed by atoms with van der Waals surface area (Å²) >= 11 is 0. The van der Waals surface area contributed by atoms with E-state index in [2.05, 4.69) is 100 Å². The molecule has 0 radical (unpaired) electrons. The predicted octanol–water partition coefficient (Wildman–Crippen LogP) is 7.32. The first-order valence-electron chi connectivity index (χ1n) is 25.8. The fraction of sp³-hybridized carbons (Fsp3) is 0.271. The molecule has 3 N–H and O–H groups in total. The molecule has 0 aromatic carbocycles. The van der Waals surface area contributed by atoms with Crippen LogP contribution in [0.2, 0.25) is 0 Å². The third-order valence-electron chi connectivity index (χ3n) is 15.4. The van der Waals surface area contributed by atoms with E-state index in [0.717, 1.165) is 112 Å². The number of piperidine rings is 2. The summed E-state index contributed by atoms with van der Waals surface area (Å²) in [6.07, 6.45) is 22.5. The number of hydrogen-bond acceptors (Lipinski definition) is 17. The second kappa shape index (κ2) is 23.0. The highest BCUT2D eigenvalue weighted by molar-refractivity contribution is 5.89. The van der Waals surface area contributed by atoms with Crippen molar-refractivity contribution in [1.29, 1.82) is 10.5 Å². The van der Waals surface area contributed by atoms with Crippen LogP contribution in [-0.4, -0.2) is 117 Å². The number of hydrogen-bond donors (Lipinski definition) is 2. The number of aldehydes is 1. The fourth-order valence-corrected chi connectivity index (χ4v) is 11.0. The molecule has 2 saturated carbocycles. The molecule has 2 saturated heterocycles. The number of aryl methyl sites for hydroxylation is 2. The van der Waals surface area contributed by atoms with Crippen molar-refractivity contribution in [1.82, 2.24) is 64.0 Å². The first-order valence-corrected chi connectivity index (χ1v) is 25.8. The molecule has 2 aliphatic carbocycles. The molecule has 10 aromatic heterocycles. The summed E-state index contributed by atoms with van der Waals surface area (Å²) in [7, 11) is 6.95. The number of methoxy groups -OCH3 is 2. The maximum Gasteiger partial charge on any atom is 0.212 e. The molecule has 14 rings (SSSR count). The summed E-state index contributed by atoms with van der Waals surface area (Å²) in [6, 6.07) is 25.2. The van der Waals surface area contributed by atoms with Crippen LogP contribution in [0.3, 0.4) is 0 Å². The fourth-order valence-electron chi connectivity index (χ4n) is 11.0. The molecule has 22 heteroatoms. The van der Waals surface area contributed by atoms with Crippen LogP contribution in [-0.2, 0) is 20.6 Å². The van der Waals surface area contributed by atoms with Crippen LogP contribution in [0.5, 0.6) is 11.8 Å². The molecule has 81 heavy (non-hydrogen) atoms. The largest absolute Gasteiger partial charge is 0.481 e. The van der Waals surface area contributed by atoms with Crippen molar-refractivity contribution in [3.8, 4) is 68.4 Å². The number of fused-ring (bicyclic) bond motifs is 4. The van der Waals surface area contributed by atoms with E-state index in [-0.39, 0.29) is 19.8 Å². The van der Waals surface area contributed by atoms with Crippen LogP contribution in [0.4, 0.5) is 11.6 Å². The number of pyridine rings is 6. The highest BCUT2D eigenvalue weighted by atomic mass is 35.5. The first-order chi connectivity index (χ1) is 38.6. The Kier molecular flexibility index (Phi) is 15.6. The van der Waals surface area contributed by atoms with E-state index >= 15 is 0 Å². The Bertz CT molecular complexity index is 3910. The molecule has 2 unspecified atom stereocenters. The van der Waals surface area contributed by atoms with Crippen LogP contribution in [0.1, 0.15) is 34.5 Å². The average Bonchev–Trinajstić information content (AvgIpc) is 4.32. The summed E-state index contributed by atoms with van der Waals surface area (Å²) < 4.78 is 17.0. The van der Waals surface area contributed by atoms with Crippen molar-refractivity contribution >= 4 is 41.4 Å². The van der Waals surface area contributed by atoms with E-state index in [1.807, 2.05) is 75.9 Å². The molecular weight excluding hydrogens is 1040 g/mol. The van der Waals surface area contributed by atoms with Crippen molar-refractivity contribution in [3.63, 3.8) is 0 Å². The Balaban J connectivity index is 0.000000155. The Labute approximate surface area is 473 Å². The van der Waals surface area contributed by atoms with Gasteiger partial charge in [-0.05, 0) is 71.7 Å². The first kappa shape index (κ1) is 54.8. The smallest absolute Gasteiger partial charge is 0.212 e. The Morgan fingerprint density at radius 3 is 1.48 bits per heavy atom. The number of nitrogens with one attached hydrogen (secondary N) is 1. The van der Waals surface area contributed by atoms with Crippen molar-refractivity contribution < 1.29 is 14.3 Å². The van der Waals surface area contributed by atoms with E-state index < -0.39 is 0 Å². The molecule has 410 valence electrons. The highest BCUT2D eigenvalue weighted by Gasteiger charge is 2.56. The normalized spacial score (nSPS) is 18.9. The number of nitrogens with two attached hydrogens (primary N) is 1. The molecule has 4 aliphatic rings. The molecule has 10 aromatic rings. The van der Waals surface area contributed by atoms with Gasteiger partial charge in [0, 0.05) is 171 Å². The van der Waals surface area contributed by atoms with Crippen LogP contribution in [0, 0.1) is 46.3 Å². The van der Waals surface area contributed by atoms with Crippen LogP contribution >= 0.6 is 12.4 Å². The monoisotopic (exact) mass is 1100 g/mol. The number of carbonyl (C=O) groups excluding carboxylic acids is 1.